The molecule has 0 amide bonds. The van der Waals surface area contributed by atoms with Gasteiger partial charge in [0.15, 0.2) is 0 Å². The van der Waals surface area contributed by atoms with Gasteiger partial charge in [0.1, 0.15) is 0 Å². The third kappa shape index (κ3) is 7.84. The average Bonchev–Trinajstić information content (AvgIpc) is 2.10. The highest BCUT2D eigenvalue weighted by Gasteiger charge is 2.19. The summed E-state index contributed by atoms with van der Waals surface area (Å²) in [6.07, 6.45) is 2.59. The van der Waals surface area contributed by atoms with Gasteiger partial charge in [0.2, 0.25) is 0 Å². The molecule has 0 atom stereocenters. The van der Waals surface area contributed by atoms with E-state index in [1.54, 1.807) is 0 Å². The second-order valence-corrected chi connectivity index (χ2v) is 6.70. The van der Waals surface area contributed by atoms with Gasteiger partial charge >= 0.3 is 0 Å². The van der Waals surface area contributed by atoms with Crippen LogP contribution in [0, 0.1) is 10.8 Å². The molecular weight excluding hydrogens is 182 g/mol. The van der Waals surface area contributed by atoms with Gasteiger partial charge in [0.25, 0.3) is 0 Å². The van der Waals surface area contributed by atoms with E-state index in [0.717, 1.165) is 0 Å². The highest BCUT2D eigenvalue weighted by Crippen LogP contribution is 2.25. The Bertz CT molecular complexity index is 165. The minimum absolute atomic E-state index is 0.423. The Morgan fingerprint density at radius 2 is 1.47 bits per heavy atom. The second-order valence-electron chi connectivity index (χ2n) is 6.70. The lowest BCUT2D eigenvalue weighted by molar-refractivity contribution is 0.169. The number of hydrogen-bond acceptors (Lipinski definition) is 1. The fourth-order valence-corrected chi connectivity index (χ4v) is 1.66. The van der Waals surface area contributed by atoms with Crippen molar-refractivity contribution in [3.05, 3.63) is 0 Å². The Labute approximate surface area is 97.2 Å². The molecule has 0 heterocycles. The molecular formula is C14H31N. The van der Waals surface area contributed by atoms with E-state index in [0.29, 0.717) is 10.8 Å². The molecule has 0 saturated carbocycles. The summed E-state index contributed by atoms with van der Waals surface area (Å²) in [7, 11) is 0. The van der Waals surface area contributed by atoms with Crippen LogP contribution >= 0.6 is 0 Å². The van der Waals surface area contributed by atoms with Gasteiger partial charge in [0, 0.05) is 6.54 Å². The standard InChI is InChI=1S/C14H31N/c1-8-14(6,7)10-11-15(9-2)12-13(3,4)5/h8-12H2,1-7H3. The van der Waals surface area contributed by atoms with E-state index < -0.39 is 0 Å². The summed E-state index contributed by atoms with van der Waals surface area (Å²) in [6.45, 7) is 19.9. The number of rotatable bonds is 6. The SMILES string of the molecule is CCN(CCC(C)(C)CC)CC(C)(C)C. The minimum atomic E-state index is 0.423. The summed E-state index contributed by atoms with van der Waals surface area (Å²) in [5.41, 5.74) is 0.928. The minimum Gasteiger partial charge on any atom is -0.303 e. The monoisotopic (exact) mass is 213 g/mol. The predicted octanol–water partition coefficient (Wildman–Crippen LogP) is 4.18. The summed E-state index contributed by atoms with van der Waals surface area (Å²) in [4.78, 5) is 2.58. The van der Waals surface area contributed by atoms with Crippen molar-refractivity contribution < 1.29 is 0 Å². The first kappa shape index (κ1) is 15.0. The fourth-order valence-electron chi connectivity index (χ4n) is 1.66. The molecule has 0 saturated heterocycles. The third-order valence-corrected chi connectivity index (χ3v) is 3.21. The quantitative estimate of drug-likeness (QED) is 0.640. The van der Waals surface area contributed by atoms with Crippen molar-refractivity contribution in [2.45, 2.75) is 61.3 Å². The van der Waals surface area contributed by atoms with Gasteiger partial charge in [-0.1, -0.05) is 54.9 Å². The van der Waals surface area contributed by atoms with Crippen LogP contribution in [0.5, 0.6) is 0 Å². The van der Waals surface area contributed by atoms with Crippen LogP contribution in [0.3, 0.4) is 0 Å². The highest BCUT2D eigenvalue weighted by molar-refractivity contribution is 4.72. The smallest absolute Gasteiger partial charge is 0.00299 e. The van der Waals surface area contributed by atoms with Crippen molar-refractivity contribution in [1.29, 1.82) is 0 Å². The number of hydrogen-bond donors (Lipinski definition) is 0. The van der Waals surface area contributed by atoms with Gasteiger partial charge in [-0.05, 0) is 30.3 Å². The lowest BCUT2D eigenvalue weighted by Gasteiger charge is -2.32. The topological polar surface area (TPSA) is 3.24 Å². The molecule has 0 rings (SSSR count). The van der Waals surface area contributed by atoms with E-state index in [4.69, 9.17) is 0 Å². The first-order chi connectivity index (χ1) is 6.70. The van der Waals surface area contributed by atoms with Crippen LogP contribution in [-0.4, -0.2) is 24.5 Å². The zero-order valence-corrected chi connectivity index (χ0v) is 12.0. The molecule has 0 radical (unpaired) electrons. The Morgan fingerprint density at radius 3 is 1.80 bits per heavy atom. The third-order valence-electron chi connectivity index (χ3n) is 3.21. The largest absolute Gasteiger partial charge is 0.303 e. The zero-order chi connectivity index (χ0) is 12.1. The maximum absolute atomic E-state index is 2.58. The van der Waals surface area contributed by atoms with Crippen LogP contribution in [0.2, 0.25) is 0 Å². The van der Waals surface area contributed by atoms with Gasteiger partial charge in [0.05, 0.1) is 0 Å². The number of nitrogens with zero attached hydrogens (tertiary/aromatic N) is 1. The molecule has 92 valence electrons. The molecule has 0 aliphatic rings. The summed E-state index contributed by atoms with van der Waals surface area (Å²) in [6, 6.07) is 0. The molecule has 0 unspecified atom stereocenters. The van der Waals surface area contributed by atoms with Crippen molar-refractivity contribution in [3.63, 3.8) is 0 Å². The molecule has 1 nitrogen and oxygen atoms in total. The van der Waals surface area contributed by atoms with Crippen LogP contribution in [0.4, 0.5) is 0 Å². The molecule has 0 fully saturated rings. The van der Waals surface area contributed by atoms with Crippen molar-refractivity contribution in [1.82, 2.24) is 4.90 Å². The van der Waals surface area contributed by atoms with Crippen LogP contribution in [0.1, 0.15) is 61.3 Å². The van der Waals surface area contributed by atoms with Crippen molar-refractivity contribution in [2.24, 2.45) is 10.8 Å². The van der Waals surface area contributed by atoms with E-state index >= 15 is 0 Å². The maximum Gasteiger partial charge on any atom is 0.00299 e. The molecule has 1 heteroatoms. The molecule has 0 N–H and O–H groups in total. The van der Waals surface area contributed by atoms with E-state index in [9.17, 15) is 0 Å². The van der Waals surface area contributed by atoms with E-state index in [1.165, 1.54) is 32.5 Å². The second kappa shape index (κ2) is 5.89. The first-order valence-corrected chi connectivity index (χ1v) is 6.42. The van der Waals surface area contributed by atoms with Crippen LogP contribution in [0.15, 0.2) is 0 Å². The van der Waals surface area contributed by atoms with Gasteiger partial charge in [-0.25, -0.2) is 0 Å². The van der Waals surface area contributed by atoms with Crippen molar-refractivity contribution in [3.8, 4) is 0 Å². The zero-order valence-electron chi connectivity index (χ0n) is 12.0. The Balaban J connectivity index is 4.01. The lowest BCUT2D eigenvalue weighted by Crippen LogP contribution is -2.35. The first-order valence-electron chi connectivity index (χ1n) is 6.42. The van der Waals surface area contributed by atoms with Gasteiger partial charge < -0.3 is 4.90 Å². The Hall–Kier alpha value is -0.0400. The normalized spacial score (nSPS) is 13.6. The Morgan fingerprint density at radius 1 is 0.933 bits per heavy atom. The van der Waals surface area contributed by atoms with E-state index in [2.05, 4.69) is 53.4 Å². The Kier molecular flexibility index (Phi) is 5.87. The predicted molar refractivity (Wildman–Crippen MR) is 70.3 cm³/mol. The molecule has 15 heavy (non-hydrogen) atoms. The van der Waals surface area contributed by atoms with E-state index in [1.807, 2.05) is 0 Å². The summed E-state index contributed by atoms with van der Waals surface area (Å²) in [5.74, 6) is 0. The van der Waals surface area contributed by atoms with Gasteiger partial charge in [-0.15, -0.1) is 0 Å². The maximum atomic E-state index is 2.58. The van der Waals surface area contributed by atoms with Crippen LogP contribution in [-0.2, 0) is 0 Å². The fraction of sp³-hybridized carbons (Fsp3) is 1.00. The highest BCUT2D eigenvalue weighted by atomic mass is 15.1. The summed E-state index contributed by atoms with van der Waals surface area (Å²) >= 11 is 0. The molecule has 0 bridgehead atoms. The van der Waals surface area contributed by atoms with E-state index in [-0.39, 0.29) is 0 Å². The van der Waals surface area contributed by atoms with Crippen LogP contribution < -0.4 is 0 Å². The molecule has 0 aliphatic heterocycles. The summed E-state index contributed by atoms with van der Waals surface area (Å²) < 4.78 is 0. The van der Waals surface area contributed by atoms with Crippen LogP contribution in [0.25, 0.3) is 0 Å². The van der Waals surface area contributed by atoms with Crippen molar-refractivity contribution in [2.75, 3.05) is 19.6 Å². The van der Waals surface area contributed by atoms with Gasteiger partial charge in [-0.2, -0.15) is 0 Å². The lowest BCUT2D eigenvalue weighted by atomic mass is 9.86. The molecule has 0 aromatic carbocycles. The van der Waals surface area contributed by atoms with Gasteiger partial charge in [-0.3, -0.25) is 0 Å². The molecule has 0 aromatic rings. The van der Waals surface area contributed by atoms with Crippen molar-refractivity contribution >= 4 is 0 Å². The molecule has 0 spiro atoms. The molecule has 0 aliphatic carbocycles. The summed E-state index contributed by atoms with van der Waals surface area (Å²) in [5, 5.41) is 0. The molecule has 0 aromatic heterocycles. The average molecular weight is 213 g/mol.